The fourth-order valence-electron chi connectivity index (χ4n) is 3.54. The predicted molar refractivity (Wildman–Crippen MR) is 112 cm³/mol. The average molecular weight is 429 g/mol. The van der Waals surface area contributed by atoms with Crippen LogP contribution in [0.15, 0.2) is 29.3 Å². The van der Waals surface area contributed by atoms with Gasteiger partial charge in [-0.25, -0.2) is 8.42 Å². The molecule has 28 heavy (non-hydrogen) atoms. The Morgan fingerprint density at radius 3 is 2.82 bits per heavy atom. The molecule has 0 aliphatic carbocycles. The number of sulfonamides is 1. The lowest BCUT2D eigenvalue weighted by molar-refractivity contribution is -0.140. The van der Waals surface area contributed by atoms with Crippen LogP contribution in [0, 0.1) is 0 Å². The molecule has 1 unspecified atom stereocenters. The minimum absolute atomic E-state index is 0.0933. The molecule has 0 saturated carbocycles. The number of nitrogens with zero attached hydrogens (tertiary/aromatic N) is 1. The van der Waals surface area contributed by atoms with Gasteiger partial charge in [0.1, 0.15) is 5.75 Å². The second-order valence-corrected chi connectivity index (χ2v) is 9.39. The lowest BCUT2D eigenvalue weighted by Gasteiger charge is -2.34. The van der Waals surface area contributed by atoms with E-state index < -0.39 is 10.0 Å². The minimum atomic E-state index is -3.54. The fourth-order valence-corrected chi connectivity index (χ4v) is 5.74. The lowest BCUT2D eigenvalue weighted by Crippen LogP contribution is -2.44. The first-order valence-electron chi connectivity index (χ1n) is 9.57. The van der Waals surface area contributed by atoms with Gasteiger partial charge in [0.05, 0.1) is 7.11 Å². The number of hydrogen-bond donors (Lipinski definition) is 1. The third-order valence-corrected chi connectivity index (χ3v) is 7.26. The molecular formula is C20H29ClN2O4S. The molecule has 1 heterocycles. The minimum Gasteiger partial charge on any atom is -0.469 e. The molecule has 1 aliphatic rings. The summed E-state index contributed by atoms with van der Waals surface area (Å²) in [7, 11) is -2.18. The van der Waals surface area contributed by atoms with E-state index in [9.17, 15) is 13.2 Å². The van der Waals surface area contributed by atoms with Gasteiger partial charge in [-0.3, -0.25) is 4.79 Å². The van der Waals surface area contributed by atoms with Crippen molar-refractivity contribution >= 4 is 33.7 Å². The summed E-state index contributed by atoms with van der Waals surface area (Å²) in [5, 5.41) is 0.264. The van der Waals surface area contributed by atoms with Crippen LogP contribution in [0.3, 0.4) is 0 Å². The zero-order chi connectivity index (χ0) is 20.6. The number of hydrogen-bond acceptors (Lipinski definition) is 5. The highest BCUT2D eigenvalue weighted by molar-refractivity contribution is 7.89. The van der Waals surface area contributed by atoms with Crippen molar-refractivity contribution in [1.82, 2.24) is 4.31 Å². The van der Waals surface area contributed by atoms with Crippen molar-refractivity contribution in [3.05, 3.63) is 40.4 Å². The number of halogens is 1. The Morgan fingerprint density at radius 1 is 1.36 bits per heavy atom. The molecule has 6 nitrogen and oxygen atoms in total. The van der Waals surface area contributed by atoms with Crippen LogP contribution in [0.4, 0.5) is 0 Å². The van der Waals surface area contributed by atoms with Gasteiger partial charge in [0, 0.05) is 30.6 Å². The predicted octanol–water partition coefficient (Wildman–Crippen LogP) is 3.25. The van der Waals surface area contributed by atoms with E-state index in [2.05, 4.69) is 4.74 Å². The zero-order valence-electron chi connectivity index (χ0n) is 16.3. The largest absolute Gasteiger partial charge is 0.469 e. The summed E-state index contributed by atoms with van der Waals surface area (Å²) in [4.78, 5) is 11.3. The number of carbonyl (C=O) groups excluding carboxylic acids is 1. The van der Waals surface area contributed by atoms with E-state index in [1.165, 1.54) is 7.11 Å². The molecule has 2 N–H and O–H groups in total. The third kappa shape index (κ3) is 6.58. The van der Waals surface area contributed by atoms with Crippen molar-refractivity contribution in [1.29, 1.82) is 0 Å². The normalized spacial score (nSPS) is 18.8. The molecule has 1 fully saturated rings. The molecule has 1 atom stereocenters. The first-order chi connectivity index (χ1) is 13.4. The van der Waals surface area contributed by atoms with Crippen molar-refractivity contribution in [2.24, 2.45) is 5.73 Å². The molecule has 1 aromatic carbocycles. The number of carbonyl (C=O) groups is 1. The van der Waals surface area contributed by atoms with Gasteiger partial charge in [0.2, 0.25) is 10.0 Å². The Bertz CT molecular complexity index is 795. The average Bonchev–Trinajstić information content (AvgIpc) is 2.68. The molecule has 1 aromatic rings. The van der Waals surface area contributed by atoms with E-state index in [-0.39, 0.29) is 22.8 Å². The van der Waals surface area contributed by atoms with Gasteiger partial charge in [-0.1, -0.05) is 42.3 Å². The highest BCUT2D eigenvalue weighted by Crippen LogP contribution is 2.27. The van der Waals surface area contributed by atoms with Crippen molar-refractivity contribution in [2.75, 3.05) is 19.4 Å². The topological polar surface area (TPSA) is 89.7 Å². The number of methoxy groups -OCH3 is 1. The monoisotopic (exact) mass is 428 g/mol. The van der Waals surface area contributed by atoms with Gasteiger partial charge in [-0.05, 0) is 42.9 Å². The second-order valence-electron chi connectivity index (χ2n) is 6.98. The van der Waals surface area contributed by atoms with E-state index in [1.807, 2.05) is 24.3 Å². The molecule has 156 valence electrons. The number of nitrogens with two attached hydrogens (primary N) is 1. The van der Waals surface area contributed by atoms with Crippen LogP contribution >= 0.6 is 11.6 Å². The lowest BCUT2D eigenvalue weighted by atomic mass is 10.00. The molecule has 0 amide bonds. The molecule has 1 saturated heterocycles. The highest BCUT2D eigenvalue weighted by Gasteiger charge is 2.32. The molecule has 2 rings (SSSR count). The van der Waals surface area contributed by atoms with Crippen molar-refractivity contribution in [2.45, 2.75) is 51.1 Å². The van der Waals surface area contributed by atoms with Crippen LogP contribution in [0.1, 0.15) is 49.7 Å². The maximum atomic E-state index is 13.0. The molecule has 0 radical (unpaired) electrons. The molecule has 1 aliphatic heterocycles. The fraction of sp³-hybridized carbons (Fsp3) is 0.550. The molecule has 0 bridgehead atoms. The van der Waals surface area contributed by atoms with E-state index in [0.29, 0.717) is 32.4 Å². The number of piperidine rings is 1. The number of ether oxygens (including phenoxy) is 1. The van der Waals surface area contributed by atoms with Crippen molar-refractivity contribution in [3.63, 3.8) is 0 Å². The van der Waals surface area contributed by atoms with Gasteiger partial charge in [-0.15, -0.1) is 0 Å². The van der Waals surface area contributed by atoms with Crippen molar-refractivity contribution < 1.29 is 17.9 Å². The van der Waals surface area contributed by atoms with E-state index in [0.717, 1.165) is 30.4 Å². The Balaban J connectivity index is 2.07. The van der Waals surface area contributed by atoms with Crippen LogP contribution in [-0.2, 0) is 26.1 Å². The number of benzene rings is 1. The Morgan fingerprint density at radius 2 is 2.11 bits per heavy atom. The summed E-state index contributed by atoms with van der Waals surface area (Å²) >= 11 is 6.31. The zero-order valence-corrected chi connectivity index (χ0v) is 17.8. The maximum absolute atomic E-state index is 13.0. The Hall–Kier alpha value is -1.41. The summed E-state index contributed by atoms with van der Waals surface area (Å²) in [6.07, 6.45) is 5.86. The van der Waals surface area contributed by atoms with E-state index in [4.69, 9.17) is 17.3 Å². The Labute approximate surface area is 172 Å². The molecule has 0 aromatic heterocycles. The van der Waals surface area contributed by atoms with Gasteiger partial charge in [0.25, 0.3) is 0 Å². The number of rotatable bonds is 9. The van der Waals surface area contributed by atoms with Crippen molar-refractivity contribution in [3.8, 4) is 0 Å². The molecular weight excluding hydrogens is 400 g/mol. The van der Waals surface area contributed by atoms with Crippen LogP contribution in [0.2, 0.25) is 0 Å². The van der Waals surface area contributed by atoms with Gasteiger partial charge in [0.15, 0.2) is 0 Å². The smallest absolute Gasteiger partial charge is 0.305 e. The maximum Gasteiger partial charge on any atom is 0.305 e. The van der Waals surface area contributed by atoms with Crippen LogP contribution in [0.25, 0.3) is 6.08 Å². The van der Waals surface area contributed by atoms with Gasteiger partial charge >= 0.3 is 5.97 Å². The molecule has 0 spiro atoms. The second kappa shape index (κ2) is 11.0. The van der Waals surface area contributed by atoms with E-state index >= 15 is 0 Å². The standard InChI is InChI=1S/C20H29ClN2O4S/c1-27-20(24)11-6-10-19-9-4-5-12-23(19)28(25,26)15-18(21)13-16-7-2-3-8-17(16)14-22/h2-3,7-8,13,19H,4-6,9-12,14-15,22H2,1H3. The summed E-state index contributed by atoms with van der Waals surface area (Å²) in [6.45, 7) is 0.854. The van der Waals surface area contributed by atoms with Crippen LogP contribution in [0.5, 0.6) is 0 Å². The first kappa shape index (κ1) is 22.9. The summed E-state index contributed by atoms with van der Waals surface area (Å²) < 4.78 is 32.2. The Kier molecular flexibility index (Phi) is 8.95. The molecule has 8 heteroatoms. The summed E-state index contributed by atoms with van der Waals surface area (Å²) in [6, 6.07) is 7.42. The van der Waals surface area contributed by atoms with Gasteiger partial charge < -0.3 is 10.5 Å². The SMILES string of the molecule is COC(=O)CCCC1CCCCN1S(=O)(=O)CC(Cl)=Cc1ccccc1CN. The van der Waals surface area contributed by atoms with Crippen LogP contribution < -0.4 is 5.73 Å². The quantitative estimate of drug-likeness (QED) is 0.609. The number of esters is 1. The summed E-state index contributed by atoms with van der Waals surface area (Å²) in [5.41, 5.74) is 7.48. The van der Waals surface area contributed by atoms with Crippen LogP contribution in [-0.4, -0.2) is 44.1 Å². The first-order valence-corrected chi connectivity index (χ1v) is 11.6. The van der Waals surface area contributed by atoms with Gasteiger partial charge in [-0.2, -0.15) is 4.31 Å². The van der Waals surface area contributed by atoms with E-state index in [1.54, 1.807) is 10.4 Å². The summed E-state index contributed by atoms with van der Waals surface area (Å²) in [5.74, 6) is -0.504. The third-order valence-electron chi connectivity index (χ3n) is 4.98. The highest BCUT2D eigenvalue weighted by atomic mass is 35.5.